The van der Waals surface area contributed by atoms with Crippen molar-refractivity contribution in [2.24, 2.45) is 0 Å². The molecule has 3 heteroatoms. The van der Waals surface area contributed by atoms with Gasteiger partial charge in [-0.15, -0.1) is 0 Å². The minimum Gasteiger partial charge on any atom is -0.358 e. The maximum Gasteiger partial charge on any atom is 0.207 e. The zero-order valence-corrected chi connectivity index (χ0v) is 3.89. The van der Waals surface area contributed by atoms with Crippen molar-refractivity contribution in [1.29, 1.82) is 0 Å². The Hall–Kier alpha value is -0.860. The number of hydrogen-bond donors (Lipinski definition) is 1. The summed E-state index contributed by atoms with van der Waals surface area (Å²) >= 11 is 0. The molecule has 0 fully saturated rings. The van der Waals surface area contributed by atoms with Gasteiger partial charge in [-0.3, -0.25) is 4.79 Å². The highest BCUT2D eigenvalue weighted by molar-refractivity contribution is 5.51. The second kappa shape index (κ2) is 5.14. The quantitative estimate of drug-likeness (QED) is 0.376. The lowest BCUT2D eigenvalue weighted by Crippen LogP contribution is -2.11. The molecule has 7 heavy (non-hydrogen) atoms. The lowest BCUT2D eigenvalue weighted by molar-refractivity contribution is -0.109. The molecule has 0 unspecified atom stereocenters. The molecule has 0 saturated heterocycles. The van der Waals surface area contributed by atoms with Crippen LogP contribution in [0.2, 0.25) is 0 Å². The van der Waals surface area contributed by atoms with Gasteiger partial charge in [0.25, 0.3) is 0 Å². The molecular formula is C4H7NO2. The van der Waals surface area contributed by atoms with Crippen LogP contribution in [0.5, 0.6) is 0 Å². The Labute approximate surface area is 41.7 Å². The van der Waals surface area contributed by atoms with E-state index in [-0.39, 0.29) is 0 Å². The standard InChI is InChI=1S/C4H7NO2/c6-3-1-2-5-4-7/h3-4H,1-2H2,(H,5,7). The van der Waals surface area contributed by atoms with Crippen LogP contribution in [-0.2, 0) is 9.59 Å². The molecule has 0 aliphatic carbocycles. The SMILES string of the molecule is O=CCCNC=O. The van der Waals surface area contributed by atoms with Crippen molar-refractivity contribution in [1.82, 2.24) is 5.32 Å². The van der Waals surface area contributed by atoms with Gasteiger partial charge in [0, 0.05) is 13.0 Å². The molecule has 0 atom stereocenters. The Morgan fingerprint density at radius 3 is 2.57 bits per heavy atom. The largest absolute Gasteiger partial charge is 0.358 e. The van der Waals surface area contributed by atoms with E-state index in [0.29, 0.717) is 19.4 Å². The van der Waals surface area contributed by atoms with Crippen molar-refractivity contribution in [2.45, 2.75) is 6.42 Å². The molecule has 0 spiro atoms. The summed E-state index contributed by atoms with van der Waals surface area (Å²) in [5.74, 6) is 0. The van der Waals surface area contributed by atoms with Gasteiger partial charge in [0.2, 0.25) is 6.41 Å². The Morgan fingerprint density at radius 1 is 1.43 bits per heavy atom. The number of hydrogen-bond acceptors (Lipinski definition) is 2. The van der Waals surface area contributed by atoms with Gasteiger partial charge in [-0.25, -0.2) is 0 Å². The maximum atomic E-state index is 9.52. The van der Waals surface area contributed by atoms with Crippen molar-refractivity contribution in [3.05, 3.63) is 0 Å². The molecule has 1 amide bonds. The second-order valence-corrected chi connectivity index (χ2v) is 1.03. The van der Waals surface area contributed by atoms with Gasteiger partial charge in [0.15, 0.2) is 0 Å². The molecule has 0 bridgehead atoms. The fourth-order valence-electron chi connectivity index (χ4n) is 0.201. The number of aldehydes is 1. The van der Waals surface area contributed by atoms with Crippen molar-refractivity contribution in [3.8, 4) is 0 Å². The summed E-state index contributed by atoms with van der Waals surface area (Å²) in [6.07, 6.45) is 1.73. The molecule has 0 aromatic heterocycles. The number of rotatable bonds is 4. The topological polar surface area (TPSA) is 46.2 Å². The summed E-state index contributed by atoms with van der Waals surface area (Å²) in [7, 11) is 0. The van der Waals surface area contributed by atoms with Gasteiger partial charge in [-0.2, -0.15) is 0 Å². The lowest BCUT2D eigenvalue weighted by Gasteiger charge is -1.85. The highest BCUT2D eigenvalue weighted by Crippen LogP contribution is 1.60. The molecular weight excluding hydrogens is 94.0 g/mol. The van der Waals surface area contributed by atoms with Crippen LogP contribution in [0.25, 0.3) is 0 Å². The molecule has 0 aromatic carbocycles. The zero-order valence-electron chi connectivity index (χ0n) is 3.89. The smallest absolute Gasteiger partial charge is 0.207 e. The highest BCUT2D eigenvalue weighted by atomic mass is 16.1. The van der Waals surface area contributed by atoms with Crippen LogP contribution in [0, 0.1) is 0 Å². The van der Waals surface area contributed by atoms with Crippen molar-refractivity contribution < 1.29 is 9.59 Å². The van der Waals surface area contributed by atoms with Gasteiger partial charge in [0.05, 0.1) is 0 Å². The van der Waals surface area contributed by atoms with Crippen LogP contribution in [0.3, 0.4) is 0 Å². The van der Waals surface area contributed by atoms with Crippen LogP contribution in [0.4, 0.5) is 0 Å². The second-order valence-electron chi connectivity index (χ2n) is 1.03. The molecule has 1 N–H and O–H groups in total. The van der Waals surface area contributed by atoms with Crippen molar-refractivity contribution in [2.75, 3.05) is 6.54 Å². The van der Waals surface area contributed by atoms with E-state index in [1.807, 2.05) is 0 Å². The van der Waals surface area contributed by atoms with Crippen LogP contribution >= 0.6 is 0 Å². The fraction of sp³-hybridized carbons (Fsp3) is 0.500. The van der Waals surface area contributed by atoms with E-state index in [1.165, 1.54) is 0 Å². The summed E-state index contributed by atoms with van der Waals surface area (Å²) in [5.41, 5.74) is 0. The van der Waals surface area contributed by atoms with E-state index in [4.69, 9.17) is 0 Å². The number of carbonyl (C=O) groups is 2. The lowest BCUT2D eigenvalue weighted by atomic mass is 10.5. The molecule has 40 valence electrons. The van der Waals surface area contributed by atoms with E-state index in [2.05, 4.69) is 5.32 Å². The number of carbonyl (C=O) groups excluding carboxylic acids is 2. The van der Waals surface area contributed by atoms with Crippen LogP contribution in [0.1, 0.15) is 6.42 Å². The first-order valence-corrected chi connectivity index (χ1v) is 2.02. The molecule has 3 nitrogen and oxygen atoms in total. The Bertz CT molecular complexity index is 54.7. The van der Waals surface area contributed by atoms with Crippen LogP contribution < -0.4 is 5.32 Å². The summed E-state index contributed by atoms with van der Waals surface area (Å²) in [4.78, 5) is 19.0. The summed E-state index contributed by atoms with van der Waals surface area (Å²) in [5, 5.41) is 2.34. The summed E-state index contributed by atoms with van der Waals surface area (Å²) in [6.45, 7) is 0.451. The summed E-state index contributed by atoms with van der Waals surface area (Å²) < 4.78 is 0. The van der Waals surface area contributed by atoms with Gasteiger partial charge in [0.1, 0.15) is 6.29 Å². The Kier molecular flexibility index (Phi) is 4.51. The summed E-state index contributed by atoms with van der Waals surface area (Å²) in [6, 6.07) is 0. The van der Waals surface area contributed by atoms with Gasteiger partial charge in [-0.1, -0.05) is 0 Å². The van der Waals surface area contributed by atoms with Crippen LogP contribution in [-0.4, -0.2) is 19.2 Å². The minimum atomic E-state index is 0.402. The molecule has 0 heterocycles. The zero-order chi connectivity index (χ0) is 5.54. The van der Waals surface area contributed by atoms with E-state index < -0.39 is 0 Å². The van der Waals surface area contributed by atoms with Crippen molar-refractivity contribution >= 4 is 12.7 Å². The van der Waals surface area contributed by atoms with E-state index in [0.717, 1.165) is 6.29 Å². The monoisotopic (exact) mass is 101 g/mol. The van der Waals surface area contributed by atoms with Gasteiger partial charge >= 0.3 is 0 Å². The average Bonchev–Trinajstić information content (AvgIpc) is 1.69. The first kappa shape index (κ1) is 6.14. The van der Waals surface area contributed by atoms with Gasteiger partial charge < -0.3 is 10.1 Å². The average molecular weight is 101 g/mol. The molecule has 0 aliphatic rings. The molecule has 0 rings (SSSR count). The van der Waals surface area contributed by atoms with E-state index in [1.54, 1.807) is 0 Å². The first-order chi connectivity index (χ1) is 3.41. The van der Waals surface area contributed by atoms with Crippen molar-refractivity contribution in [3.63, 3.8) is 0 Å². The predicted molar refractivity (Wildman–Crippen MR) is 24.7 cm³/mol. The van der Waals surface area contributed by atoms with E-state index in [9.17, 15) is 9.59 Å². The fourth-order valence-corrected chi connectivity index (χ4v) is 0.201. The molecule has 0 aliphatic heterocycles. The van der Waals surface area contributed by atoms with Crippen LogP contribution in [0.15, 0.2) is 0 Å². The normalized spacial score (nSPS) is 7.43. The molecule has 0 aromatic rings. The van der Waals surface area contributed by atoms with E-state index >= 15 is 0 Å². The molecule has 0 radical (unpaired) electrons. The highest BCUT2D eigenvalue weighted by Gasteiger charge is 1.76. The third kappa shape index (κ3) is 5.14. The molecule has 0 saturated carbocycles. The minimum absolute atomic E-state index is 0.402. The van der Waals surface area contributed by atoms with Gasteiger partial charge in [-0.05, 0) is 0 Å². The third-order valence-corrected chi connectivity index (χ3v) is 0.490. The number of amides is 1. The first-order valence-electron chi connectivity index (χ1n) is 2.02. The Morgan fingerprint density at radius 2 is 2.14 bits per heavy atom. The Balaban J connectivity index is 2.68. The third-order valence-electron chi connectivity index (χ3n) is 0.490. The number of nitrogens with one attached hydrogen (secondary N) is 1. The maximum absolute atomic E-state index is 9.52. The predicted octanol–water partition coefficient (Wildman–Crippen LogP) is -0.679.